The molecule has 1 aromatic heterocycles. The van der Waals surface area contributed by atoms with E-state index < -0.39 is 40.6 Å². The fourth-order valence-corrected chi connectivity index (χ4v) is 6.81. The minimum absolute atomic E-state index is 0.112. The zero-order valence-electron chi connectivity index (χ0n) is 21.0. The molecule has 2 saturated heterocycles. The highest BCUT2D eigenvalue weighted by Gasteiger charge is 2.56. The van der Waals surface area contributed by atoms with E-state index in [-0.39, 0.29) is 24.2 Å². The number of aliphatic hydroxyl groups excluding tert-OH is 2. The lowest BCUT2D eigenvalue weighted by Gasteiger charge is -2.46. The third-order valence-electron chi connectivity index (χ3n) is 8.24. The Morgan fingerprint density at radius 1 is 1.25 bits per heavy atom. The maximum Gasteiger partial charge on any atom is 0.223 e. The zero-order valence-corrected chi connectivity index (χ0v) is 23.3. The van der Waals surface area contributed by atoms with Crippen LogP contribution in [0.4, 0.5) is 0 Å². The van der Waals surface area contributed by atoms with E-state index in [0.29, 0.717) is 42.8 Å². The van der Waals surface area contributed by atoms with Gasteiger partial charge in [0.15, 0.2) is 5.06 Å². The minimum atomic E-state index is -1.13. The van der Waals surface area contributed by atoms with Crippen molar-refractivity contribution in [1.29, 1.82) is 0 Å². The Bertz CT molecular complexity index is 1010. The van der Waals surface area contributed by atoms with Crippen molar-refractivity contribution in [2.45, 2.75) is 102 Å². The van der Waals surface area contributed by atoms with Crippen LogP contribution in [0.1, 0.15) is 75.9 Å². The number of hydrogen-bond donors (Lipinski definition) is 3. The smallest absolute Gasteiger partial charge is 0.223 e. The number of amides is 1. The molecule has 1 aliphatic carbocycles. The number of ketones is 1. The number of aromatic nitrogens is 1. The van der Waals surface area contributed by atoms with Crippen molar-refractivity contribution in [2.24, 2.45) is 17.3 Å². The van der Waals surface area contributed by atoms with E-state index in [1.807, 2.05) is 19.2 Å². The topological polar surface area (TPSA) is 112 Å². The molecular formula is C26H36Cl2N2O5S. The summed E-state index contributed by atoms with van der Waals surface area (Å²) >= 11 is 14.9. The first-order chi connectivity index (χ1) is 16.9. The normalized spacial score (nSPS) is 38.2. The number of hydrogen-bond acceptors (Lipinski definition) is 7. The highest BCUT2D eigenvalue weighted by Crippen LogP contribution is 2.50. The SMILES string of the molecule is Cc1nc(C=C(Cl)[C@@H]2C[C@@H]3O[C@]3(Cl)CCC[C@H](C)[C@H](O)[C@@H](C)C(=O)C3(CCC3)[C@@H](O)CC(=O)N2)cs1. The van der Waals surface area contributed by atoms with Gasteiger partial charge in [-0.25, -0.2) is 4.98 Å². The molecule has 1 aromatic rings. The third kappa shape index (κ3) is 5.84. The Hall–Kier alpha value is -1.03. The summed E-state index contributed by atoms with van der Waals surface area (Å²) in [5, 5.41) is 27.3. The number of halogens is 2. The molecule has 0 radical (unpaired) electrons. The number of carbonyl (C=O) groups is 2. The van der Waals surface area contributed by atoms with Gasteiger partial charge in [-0.2, -0.15) is 0 Å². The highest BCUT2D eigenvalue weighted by molar-refractivity contribution is 7.09. The van der Waals surface area contributed by atoms with Gasteiger partial charge >= 0.3 is 0 Å². The molecule has 7 atom stereocenters. The predicted octanol–water partition coefficient (Wildman–Crippen LogP) is 4.55. The van der Waals surface area contributed by atoms with Gasteiger partial charge in [-0.3, -0.25) is 9.59 Å². The molecule has 200 valence electrons. The molecule has 0 aromatic carbocycles. The number of aryl methyl sites for hydroxylation is 1. The van der Waals surface area contributed by atoms with Crippen LogP contribution in [0.2, 0.25) is 0 Å². The van der Waals surface area contributed by atoms with Crippen molar-refractivity contribution < 1.29 is 24.5 Å². The van der Waals surface area contributed by atoms with Crippen molar-refractivity contribution in [3.8, 4) is 0 Å². The lowest BCUT2D eigenvalue weighted by atomic mass is 9.58. The molecule has 3 N–H and O–H groups in total. The Kier molecular flexibility index (Phi) is 8.54. The molecule has 7 nitrogen and oxygen atoms in total. The summed E-state index contributed by atoms with van der Waals surface area (Å²) in [5.41, 5.74) is -0.287. The van der Waals surface area contributed by atoms with Crippen LogP contribution in [0.15, 0.2) is 10.4 Å². The second-order valence-corrected chi connectivity index (χ2v) is 13.0. The predicted molar refractivity (Wildman–Crippen MR) is 141 cm³/mol. The van der Waals surface area contributed by atoms with E-state index in [4.69, 9.17) is 27.9 Å². The lowest BCUT2D eigenvalue weighted by Crippen LogP contribution is -2.53. The summed E-state index contributed by atoms with van der Waals surface area (Å²) in [6.07, 6.45) is 3.49. The van der Waals surface area contributed by atoms with Crippen LogP contribution in [-0.2, 0) is 14.3 Å². The van der Waals surface area contributed by atoms with Gasteiger partial charge in [0.2, 0.25) is 5.91 Å². The average Bonchev–Trinajstić information content (AvgIpc) is 3.22. The van der Waals surface area contributed by atoms with Gasteiger partial charge in [-0.1, -0.05) is 43.5 Å². The summed E-state index contributed by atoms with van der Waals surface area (Å²) < 4.78 is 5.83. The molecule has 10 heteroatoms. The molecule has 2 aliphatic heterocycles. The van der Waals surface area contributed by atoms with Crippen molar-refractivity contribution in [1.82, 2.24) is 10.3 Å². The summed E-state index contributed by atoms with van der Waals surface area (Å²) in [7, 11) is 0. The van der Waals surface area contributed by atoms with Crippen LogP contribution in [0.3, 0.4) is 0 Å². The molecule has 0 unspecified atom stereocenters. The number of nitrogens with one attached hydrogen (secondary N) is 1. The number of ether oxygens (including phenoxy) is 1. The number of aliphatic hydroxyl groups is 2. The van der Waals surface area contributed by atoms with E-state index in [1.165, 1.54) is 11.3 Å². The van der Waals surface area contributed by atoms with Crippen LogP contribution in [0.5, 0.6) is 0 Å². The van der Waals surface area contributed by atoms with Crippen LogP contribution < -0.4 is 5.32 Å². The van der Waals surface area contributed by atoms with Gasteiger partial charge in [0.05, 0.1) is 40.8 Å². The quantitative estimate of drug-likeness (QED) is 0.362. The Morgan fingerprint density at radius 2 is 1.97 bits per heavy atom. The van der Waals surface area contributed by atoms with E-state index >= 15 is 0 Å². The molecule has 4 rings (SSSR count). The first-order valence-electron chi connectivity index (χ1n) is 12.8. The van der Waals surface area contributed by atoms with Crippen molar-refractivity contribution in [2.75, 3.05) is 0 Å². The van der Waals surface area contributed by atoms with Crippen molar-refractivity contribution >= 4 is 52.3 Å². The van der Waals surface area contributed by atoms with Gasteiger partial charge in [0, 0.05) is 22.8 Å². The molecule has 0 bridgehead atoms. The number of Topliss-reactive ketones (excluding diaryl/α,β-unsaturated/α-hetero) is 1. The molecular weight excluding hydrogens is 523 g/mol. The molecule has 1 amide bonds. The Labute approximate surface area is 226 Å². The summed E-state index contributed by atoms with van der Waals surface area (Å²) in [6.45, 7) is 5.56. The van der Waals surface area contributed by atoms with Crippen molar-refractivity contribution in [3.05, 3.63) is 21.1 Å². The second-order valence-electron chi connectivity index (χ2n) is 10.8. The van der Waals surface area contributed by atoms with Gasteiger partial charge in [0.1, 0.15) is 11.9 Å². The van der Waals surface area contributed by atoms with Crippen LogP contribution in [0.25, 0.3) is 6.08 Å². The molecule has 1 saturated carbocycles. The number of rotatable bonds is 2. The molecule has 1 spiro atoms. The van der Waals surface area contributed by atoms with Gasteiger partial charge in [0.25, 0.3) is 0 Å². The fraction of sp³-hybridized carbons (Fsp3) is 0.731. The largest absolute Gasteiger partial charge is 0.392 e. The first-order valence-corrected chi connectivity index (χ1v) is 14.4. The van der Waals surface area contributed by atoms with E-state index in [2.05, 4.69) is 10.3 Å². The summed E-state index contributed by atoms with van der Waals surface area (Å²) in [4.78, 5) is 31.0. The van der Waals surface area contributed by atoms with Crippen molar-refractivity contribution in [3.63, 3.8) is 0 Å². The van der Waals surface area contributed by atoms with Crippen LogP contribution in [-0.4, -0.2) is 56.3 Å². The number of fused-ring (bicyclic) bond motifs is 1. The lowest BCUT2D eigenvalue weighted by molar-refractivity contribution is -0.154. The van der Waals surface area contributed by atoms with Crippen LogP contribution >= 0.6 is 34.5 Å². The minimum Gasteiger partial charge on any atom is -0.392 e. The van der Waals surface area contributed by atoms with Gasteiger partial charge in [-0.15, -0.1) is 11.3 Å². The number of thiazole rings is 1. The number of alkyl halides is 1. The number of carbonyl (C=O) groups excluding carboxylic acids is 2. The standard InChI is InChI=1S/C26H36Cl2N2O5S/c1-14-6-4-9-26(28)21(35-26)11-19(18(27)10-17-13-36-16(3)29-17)30-22(32)12-20(31)25(7-5-8-25)24(34)15(2)23(14)33/h10,13-15,19-21,23,31,33H,4-9,11-12H2,1-3H3,(H,30,32)/t14-,15+,19-,20-,21-,23-,26+/m0/s1. The van der Waals surface area contributed by atoms with E-state index in [9.17, 15) is 19.8 Å². The summed E-state index contributed by atoms with van der Waals surface area (Å²) in [6, 6.07) is -0.570. The number of epoxide rings is 1. The second kappa shape index (κ2) is 11.0. The highest BCUT2D eigenvalue weighted by atomic mass is 35.5. The third-order valence-corrected chi connectivity index (χ3v) is 9.93. The fourth-order valence-electron chi connectivity index (χ4n) is 5.65. The van der Waals surface area contributed by atoms with E-state index in [1.54, 1.807) is 13.0 Å². The Morgan fingerprint density at radius 3 is 2.58 bits per heavy atom. The monoisotopic (exact) mass is 558 g/mol. The van der Waals surface area contributed by atoms with Gasteiger partial charge < -0.3 is 20.3 Å². The average molecular weight is 560 g/mol. The maximum absolute atomic E-state index is 13.5. The first kappa shape index (κ1) is 28.0. The number of nitrogens with zero attached hydrogens (tertiary/aromatic N) is 1. The van der Waals surface area contributed by atoms with Crippen LogP contribution in [0, 0.1) is 24.2 Å². The zero-order chi connectivity index (χ0) is 26.3. The maximum atomic E-state index is 13.5. The molecule has 3 aliphatic rings. The molecule has 3 fully saturated rings. The summed E-state index contributed by atoms with van der Waals surface area (Å²) in [5.74, 6) is -1.30. The molecule has 36 heavy (non-hydrogen) atoms. The van der Waals surface area contributed by atoms with E-state index in [0.717, 1.165) is 17.8 Å². The Balaban J connectivity index is 1.58. The molecule has 3 heterocycles. The van der Waals surface area contributed by atoms with Gasteiger partial charge in [-0.05, 0) is 51.0 Å².